The first-order chi connectivity index (χ1) is 8.80. The van der Waals surface area contributed by atoms with Gasteiger partial charge in [0.25, 0.3) is 0 Å². The number of para-hydroxylation sites is 1. The molecule has 0 aliphatic heterocycles. The van der Waals surface area contributed by atoms with Crippen LogP contribution in [0.15, 0.2) is 30.3 Å². The maximum atomic E-state index is 4.82. The number of pyridine rings is 1. The van der Waals surface area contributed by atoms with E-state index in [0.717, 1.165) is 31.0 Å². The Balaban J connectivity index is 2.56. The molecule has 2 aromatic rings. The van der Waals surface area contributed by atoms with Crippen LogP contribution in [-0.4, -0.2) is 25.1 Å². The van der Waals surface area contributed by atoms with Crippen LogP contribution in [-0.2, 0) is 6.54 Å². The predicted octanol–water partition coefficient (Wildman–Crippen LogP) is 2.80. The van der Waals surface area contributed by atoms with Gasteiger partial charge in [-0.3, -0.25) is 0 Å². The minimum Gasteiger partial charge on any atom is -0.357 e. The fraction of sp³-hybridized carbons (Fsp3) is 0.400. The molecule has 1 N–H and O–H groups in total. The molecule has 0 aliphatic carbocycles. The van der Waals surface area contributed by atoms with Crippen molar-refractivity contribution >= 4 is 16.7 Å². The number of hydrogen-bond donors (Lipinski definition) is 1. The fourth-order valence-corrected chi connectivity index (χ4v) is 2.27. The summed E-state index contributed by atoms with van der Waals surface area (Å²) in [6.45, 7) is 7.16. The van der Waals surface area contributed by atoms with Crippen molar-refractivity contribution in [2.24, 2.45) is 0 Å². The summed E-state index contributed by atoms with van der Waals surface area (Å²) in [5.41, 5.74) is 2.33. The highest BCUT2D eigenvalue weighted by Gasteiger charge is 2.11. The van der Waals surface area contributed by atoms with E-state index in [-0.39, 0.29) is 0 Å². The Morgan fingerprint density at radius 2 is 1.89 bits per heavy atom. The summed E-state index contributed by atoms with van der Waals surface area (Å²) in [6, 6.07) is 10.5. The Labute approximate surface area is 109 Å². The number of hydrogen-bond acceptors (Lipinski definition) is 3. The summed E-state index contributed by atoms with van der Waals surface area (Å²) < 4.78 is 0. The van der Waals surface area contributed by atoms with Gasteiger partial charge in [-0.15, -0.1) is 0 Å². The average molecular weight is 243 g/mol. The van der Waals surface area contributed by atoms with Crippen molar-refractivity contribution in [3.05, 3.63) is 35.9 Å². The normalized spacial score (nSPS) is 10.8. The Bertz CT molecular complexity index is 518. The second-order valence-electron chi connectivity index (χ2n) is 4.37. The Kier molecular flexibility index (Phi) is 4.15. The third-order valence-corrected chi connectivity index (χ3v) is 3.21. The zero-order valence-corrected chi connectivity index (χ0v) is 11.4. The molecule has 3 heteroatoms. The number of fused-ring (bicyclic) bond motifs is 1. The van der Waals surface area contributed by atoms with Crippen molar-refractivity contribution in [3.63, 3.8) is 0 Å². The molecule has 0 bridgehead atoms. The van der Waals surface area contributed by atoms with Crippen LogP contribution in [0.25, 0.3) is 10.9 Å². The molecule has 96 valence electrons. The molecule has 0 radical (unpaired) electrons. The summed E-state index contributed by atoms with van der Waals surface area (Å²) >= 11 is 0. The van der Waals surface area contributed by atoms with Gasteiger partial charge in [-0.2, -0.15) is 0 Å². The first kappa shape index (κ1) is 12.8. The molecule has 2 rings (SSSR count). The fourth-order valence-electron chi connectivity index (χ4n) is 2.27. The molecule has 0 spiro atoms. The van der Waals surface area contributed by atoms with Gasteiger partial charge in [-0.25, -0.2) is 4.98 Å². The van der Waals surface area contributed by atoms with Gasteiger partial charge < -0.3 is 10.2 Å². The number of anilines is 1. The van der Waals surface area contributed by atoms with Gasteiger partial charge >= 0.3 is 0 Å². The second kappa shape index (κ2) is 5.83. The monoisotopic (exact) mass is 243 g/mol. The maximum absolute atomic E-state index is 4.82. The van der Waals surface area contributed by atoms with Crippen LogP contribution >= 0.6 is 0 Å². The van der Waals surface area contributed by atoms with Crippen molar-refractivity contribution in [1.29, 1.82) is 0 Å². The van der Waals surface area contributed by atoms with Gasteiger partial charge in [0.2, 0.25) is 0 Å². The summed E-state index contributed by atoms with van der Waals surface area (Å²) in [5, 5.41) is 4.43. The van der Waals surface area contributed by atoms with Crippen LogP contribution in [0.5, 0.6) is 0 Å². The maximum Gasteiger partial charge on any atom is 0.133 e. The highest BCUT2D eigenvalue weighted by Crippen LogP contribution is 2.23. The van der Waals surface area contributed by atoms with Gasteiger partial charge in [0.05, 0.1) is 5.52 Å². The minimum absolute atomic E-state index is 0.851. The first-order valence-corrected chi connectivity index (χ1v) is 6.58. The third-order valence-electron chi connectivity index (χ3n) is 3.21. The van der Waals surface area contributed by atoms with Crippen molar-refractivity contribution in [3.8, 4) is 0 Å². The smallest absolute Gasteiger partial charge is 0.133 e. The number of rotatable bonds is 5. The Morgan fingerprint density at radius 1 is 1.17 bits per heavy atom. The van der Waals surface area contributed by atoms with E-state index in [4.69, 9.17) is 4.98 Å². The third kappa shape index (κ3) is 2.46. The molecule has 1 aromatic carbocycles. The minimum atomic E-state index is 0.851. The van der Waals surface area contributed by atoms with E-state index in [0.29, 0.717) is 0 Å². The molecule has 3 nitrogen and oxygen atoms in total. The number of benzene rings is 1. The van der Waals surface area contributed by atoms with Crippen molar-refractivity contribution in [2.45, 2.75) is 20.4 Å². The van der Waals surface area contributed by atoms with E-state index >= 15 is 0 Å². The SMILES string of the molecule is CCN(CC)c1nc2ccccc2cc1CNC. The van der Waals surface area contributed by atoms with Crippen LogP contribution in [0.4, 0.5) is 5.82 Å². The van der Waals surface area contributed by atoms with E-state index in [2.05, 4.69) is 48.3 Å². The van der Waals surface area contributed by atoms with E-state index < -0.39 is 0 Å². The Morgan fingerprint density at radius 3 is 2.56 bits per heavy atom. The number of nitrogens with one attached hydrogen (secondary N) is 1. The lowest BCUT2D eigenvalue weighted by atomic mass is 10.1. The molecule has 1 aromatic heterocycles. The van der Waals surface area contributed by atoms with E-state index in [1.165, 1.54) is 10.9 Å². The zero-order valence-electron chi connectivity index (χ0n) is 11.4. The number of nitrogens with zero attached hydrogens (tertiary/aromatic N) is 2. The molecule has 0 atom stereocenters. The lowest BCUT2D eigenvalue weighted by molar-refractivity contribution is 0.786. The summed E-state index contributed by atoms with van der Waals surface area (Å²) in [6.07, 6.45) is 0. The molecule has 0 amide bonds. The van der Waals surface area contributed by atoms with Gasteiger partial charge in [0.15, 0.2) is 0 Å². The number of aromatic nitrogens is 1. The van der Waals surface area contributed by atoms with Crippen LogP contribution in [0.2, 0.25) is 0 Å². The van der Waals surface area contributed by atoms with Crippen molar-refractivity contribution in [1.82, 2.24) is 10.3 Å². The highest BCUT2D eigenvalue weighted by atomic mass is 15.2. The van der Waals surface area contributed by atoms with Crippen molar-refractivity contribution in [2.75, 3.05) is 25.0 Å². The standard InChI is InChI=1S/C15H21N3/c1-4-18(5-2)15-13(11-16-3)10-12-8-6-7-9-14(12)17-15/h6-10,16H,4-5,11H2,1-3H3. The molecule has 0 aliphatic rings. The zero-order chi connectivity index (χ0) is 13.0. The summed E-state index contributed by atoms with van der Waals surface area (Å²) in [5.74, 6) is 1.10. The molecule has 0 saturated heterocycles. The molecule has 18 heavy (non-hydrogen) atoms. The quantitative estimate of drug-likeness (QED) is 0.875. The van der Waals surface area contributed by atoms with Gasteiger partial charge in [0.1, 0.15) is 5.82 Å². The van der Waals surface area contributed by atoms with E-state index in [1.54, 1.807) is 0 Å². The largest absolute Gasteiger partial charge is 0.357 e. The molecule has 0 unspecified atom stereocenters. The van der Waals surface area contributed by atoms with E-state index in [9.17, 15) is 0 Å². The predicted molar refractivity (Wildman–Crippen MR) is 78.1 cm³/mol. The molecule has 1 heterocycles. The second-order valence-corrected chi connectivity index (χ2v) is 4.37. The van der Waals surface area contributed by atoms with Crippen LogP contribution in [0, 0.1) is 0 Å². The van der Waals surface area contributed by atoms with Crippen LogP contribution in [0.1, 0.15) is 19.4 Å². The van der Waals surface area contributed by atoms with Gasteiger partial charge in [-0.1, -0.05) is 18.2 Å². The van der Waals surface area contributed by atoms with Crippen molar-refractivity contribution < 1.29 is 0 Å². The lowest BCUT2D eigenvalue weighted by Crippen LogP contribution is -2.25. The topological polar surface area (TPSA) is 28.2 Å². The Hall–Kier alpha value is -1.61. The first-order valence-electron chi connectivity index (χ1n) is 6.58. The van der Waals surface area contributed by atoms with Crippen LogP contribution in [0.3, 0.4) is 0 Å². The molecule has 0 fully saturated rings. The summed E-state index contributed by atoms with van der Waals surface area (Å²) in [7, 11) is 1.97. The van der Waals surface area contributed by atoms with Gasteiger partial charge in [0, 0.05) is 30.6 Å². The molecule has 0 saturated carbocycles. The lowest BCUT2D eigenvalue weighted by Gasteiger charge is -2.23. The highest BCUT2D eigenvalue weighted by molar-refractivity contribution is 5.81. The summed E-state index contributed by atoms with van der Waals surface area (Å²) in [4.78, 5) is 7.13. The van der Waals surface area contributed by atoms with E-state index in [1.807, 2.05) is 13.1 Å². The van der Waals surface area contributed by atoms with Gasteiger partial charge in [-0.05, 0) is 33.0 Å². The molecular weight excluding hydrogens is 222 g/mol. The molecular formula is C15H21N3. The van der Waals surface area contributed by atoms with Crippen LogP contribution < -0.4 is 10.2 Å². The average Bonchev–Trinajstić information content (AvgIpc) is 2.41.